The molecule has 2 aliphatic rings. The van der Waals surface area contributed by atoms with Crippen molar-refractivity contribution in [3.05, 3.63) is 90.2 Å². The van der Waals surface area contributed by atoms with Gasteiger partial charge in [0.05, 0.1) is 19.8 Å². The molecule has 0 spiro atoms. The average molecular weight is 603 g/mol. The van der Waals surface area contributed by atoms with Crippen molar-refractivity contribution in [2.45, 2.75) is 63.3 Å². The van der Waals surface area contributed by atoms with Crippen LogP contribution in [0.3, 0.4) is 0 Å². The van der Waals surface area contributed by atoms with Crippen LogP contribution in [-0.2, 0) is 20.9 Å². The first-order valence-corrected chi connectivity index (χ1v) is 15.6. The first-order valence-electron chi connectivity index (χ1n) is 15.6. The second-order valence-electron chi connectivity index (χ2n) is 11.8. The smallest absolute Gasteiger partial charge is 0.249 e. The summed E-state index contributed by atoms with van der Waals surface area (Å²) in [5.41, 5.74) is 1.54. The summed E-state index contributed by atoms with van der Waals surface area (Å²) in [6.07, 6.45) is 6.89. The SMILES string of the molecule is CN1CCC[C@H]1CC1CCCCN1CC(=O)NC(COCc1ccccc1)C(=O)Nc1ccc(Oc2ccc(F)cc2)cc1. The molecule has 2 N–H and O–H groups in total. The third-order valence-corrected chi connectivity index (χ3v) is 8.53. The zero-order chi connectivity index (χ0) is 30.7. The fourth-order valence-corrected chi connectivity index (χ4v) is 6.08. The Kier molecular flexibility index (Phi) is 11.4. The first kappa shape index (κ1) is 31.6. The Morgan fingerprint density at radius 2 is 1.59 bits per heavy atom. The van der Waals surface area contributed by atoms with Gasteiger partial charge in [-0.25, -0.2) is 4.39 Å². The van der Waals surface area contributed by atoms with Crippen molar-refractivity contribution in [3.8, 4) is 11.5 Å². The molecule has 0 aliphatic carbocycles. The maximum Gasteiger partial charge on any atom is 0.249 e. The van der Waals surface area contributed by atoms with Gasteiger partial charge in [0.1, 0.15) is 23.4 Å². The van der Waals surface area contributed by atoms with Gasteiger partial charge >= 0.3 is 0 Å². The van der Waals surface area contributed by atoms with Crippen LogP contribution in [0.2, 0.25) is 0 Å². The molecule has 234 valence electrons. The highest BCUT2D eigenvalue weighted by molar-refractivity contribution is 5.97. The van der Waals surface area contributed by atoms with Crippen molar-refractivity contribution in [2.24, 2.45) is 0 Å². The number of amides is 2. The lowest BCUT2D eigenvalue weighted by Gasteiger charge is -2.38. The minimum absolute atomic E-state index is 0.0362. The molecule has 3 aromatic carbocycles. The number of likely N-dealkylation sites (tertiary alicyclic amines) is 2. The maximum atomic E-state index is 13.4. The van der Waals surface area contributed by atoms with Crippen LogP contribution >= 0.6 is 0 Å². The number of piperidine rings is 1. The van der Waals surface area contributed by atoms with E-state index < -0.39 is 6.04 Å². The van der Waals surface area contributed by atoms with Crippen molar-refractivity contribution in [1.29, 1.82) is 0 Å². The first-order chi connectivity index (χ1) is 21.4. The topological polar surface area (TPSA) is 83.1 Å². The summed E-state index contributed by atoms with van der Waals surface area (Å²) in [6.45, 7) is 2.66. The number of carbonyl (C=O) groups is 2. The van der Waals surface area contributed by atoms with Crippen LogP contribution in [0.15, 0.2) is 78.9 Å². The van der Waals surface area contributed by atoms with Crippen molar-refractivity contribution in [1.82, 2.24) is 15.1 Å². The van der Waals surface area contributed by atoms with Gasteiger partial charge in [-0.05, 0) is 106 Å². The van der Waals surface area contributed by atoms with E-state index in [1.807, 2.05) is 30.3 Å². The lowest BCUT2D eigenvalue weighted by molar-refractivity contribution is -0.129. The van der Waals surface area contributed by atoms with E-state index in [-0.39, 0.29) is 30.8 Å². The molecule has 2 aliphatic heterocycles. The van der Waals surface area contributed by atoms with Crippen molar-refractivity contribution in [3.63, 3.8) is 0 Å². The zero-order valence-electron chi connectivity index (χ0n) is 25.4. The Morgan fingerprint density at radius 3 is 2.30 bits per heavy atom. The summed E-state index contributed by atoms with van der Waals surface area (Å²) in [4.78, 5) is 31.5. The standard InChI is InChI=1S/C35H43FN4O4/c1-39-20-7-11-29(39)22-30-10-5-6-21-40(30)23-34(41)38-33(25-43-24-26-8-3-2-4-9-26)35(42)37-28-14-18-32(19-15-28)44-31-16-12-27(36)13-17-31/h2-4,8-9,12-19,29-30,33H,5-7,10-11,20-25H2,1H3,(H,37,42)(H,38,41)/t29-,30?,33?/m0/s1. The molecule has 44 heavy (non-hydrogen) atoms. The summed E-state index contributed by atoms with van der Waals surface area (Å²) >= 11 is 0. The molecular weight excluding hydrogens is 559 g/mol. The lowest BCUT2D eigenvalue weighted by atomic mass is 9.95. The summed E-state index contributed by atoms with van der Waals surface area (Å²) < 4.78 is 24.9. The Labute approximate surface area is 259 Å². The number of nitrogens with zero attached hydrogens (tertiary/aromatic N) is 2. The van der Waals surface area contributed by atoms with Crippen LogP contribution in [0.5, 0.6) is 11.5 Å². The van der Waals surface area contributed by atoms with Crippen LogP contribution in [0.4, 0.5) is 10.1 Å². The number of anilines is 1. The van der Waals surface area contributed by atoms with E-state index in [4.69, 9.17) is 9.47 Å². The quantitative estimate of drug-likeness (QED) is 0.265. The number of benzene rings is 3. The predicted octanol–water partition coefficient (Wildman–Crippen LogP) is 5.60. The molecule has 2 unspecified atom stereocenters. The van der Waals surface area contributed by atoms with Gasteiger partial charge < -0.3 is 25.0 Å². The van der Waals surface area contributed by atoms with Gasteiger partial charge in [0.2, 0.25) is 11.8 Å². The van der Waals surface area contributed by atoms with E-state index in [1.165, 1.54) is 31.4 Å². The summed E-state index contributed by atoms with van der Waals surface area (Å²) in [7, 11) is 2.20. The molecule has 9 heteroatoms. The zero-order valence-corrected chi connectivity index (χ0v) is 25.4. The van der Waals surface area contributed by atoms with Gasteiger partial charge in [0.25, 0.3) is 0 Å². The van der Waals surface area contributed by atoms with Gasteiger partial charge in [-0.3, -0.25) is 14.5 Å². The molecule has 2 fully saturated rings. The molecule has 0 aromatic heterocycles. The molecule has 0 bridgehead atoms. The van der Waals surface area contributed by atoms with E-state index in [9.17, 15) is 14.0 Å². The second kappa shape index (κ2) is 15.8. The molecule has 8 nitrogen and oxygen atoms in total. The van der Waals surface area contributed by atoms with E-state index in [1.54, 1.807) is 36.4 Å². The second-order valence-corrected chi connectivity index (χ2v) is 11.8. The number of nitrogens with one attached hydrogen (secondary N) is 2. The van der Waals surface area contributed by atoms with E-state index in [0.29, 0.717) is 35.9 Å². The van der Waals surface area contributed by atoms with Crippen molar-refractivity contribution >= 4 is 17.5 Å². The Bertz CT molecular complexity index is 1340. The Morgan fingerprint density at radius 1 is 0.886 bits per heavy atom. The van der Waals surface area contributed by atoms with Gasteiger partial charge in [-0.2, -0.15) is 0 Å². The van der Waals surface area contributed by atoms with Crippen LogP contribution in [0, 0.1) is 5.82 Å². The highest BCUT2D eigenvalue weighted by Gasteiger charge is 2.31. The molecule has 0 radical (unpaired) electrons. The van der Waals surface area contributed by atoms with E-state index in [2.05, 4.69) is 27.5 Å². The monoisotopic (exact) mass is 602 g/mol. The third kappa shape index (κ3) is 9.35. The summed E-state index contributed by atoms with van der Waals surface area (Å²) in [5.74, 6) is 0.181. The molecule has 2 heterocycles. The normalized spacial score (nSPS) is 19.8. The third-order valence-electron chi connectivity index (χ3n) is 8.53. The number of hydrogen-bond acceptors (Lipinski definition) is 6. The fourth-order valence-electron chi connectivity index (χ4n) is 6.08. The number of carbonyl (C=O) groups excluding carboxylic acids is 2. The van der Waals surface area contributed by atoms with Gasteiger partial charge in [0, 0.05) is 17.8 Å². The van der Waals surface area contributed by atoms with E-state index in [0.717, 1.165) is 37.9 Å². The molecule has 3 atom stereocenters. The molecule has 3 aromatic rings. The lowest BCUT2D eigenvalue weighted by Crippen LogP contribution is -2.52. The molecule has 0 saturated carbocycles. The molecule has 2 saturated heterocycles. The Balaban J connectivity index is 1.19. The number of hydrogen-bond donors (Lipinski definition) is 2. The van der Waals surface area contributed by atoms with Crippen LogP contribution in [0.25, 0.3) is 0 Å². The largest absolute Gasteiger partial charge is 0.457 e. The van der Waals surface area contributed by atoms with Gasteiger partial charge in [-0.1, -0.05) is 36.8 Å². The molecule has 2 amide bonds. The van der Waals surface area contributed by atoms with Gasteiger partial charge in [0.15, 0.2) is 0 Å². The van der Waals surface area contributed by atoms with Crippen LogP contribution in [0.1, 0.15) is 44.1 Å². The highest BCUT2D eigenvalue weighted by atomic mass is 19.1. The Hall–Kier alpha value is -3.79. The number of halogens is 1. The number of ether oxygens (including phenoxy) is 2. The average Bonchev–Trinajstić information content (AvgIpc) is 3.44. The summed E-state index contributed by atoms with van der Waals surface area (Å²) in [5, 5.41) is 5.86. The van der Waals surface area contributed by atoms with Crippen molar-refractivity contribution in [2.75, 3.05) is 38.6 Å². The predicted molar refractivity (Wildman–Crippen MR) is 169 cm³/mol. The van der Waals surface area contributed by atoms with Crippen LogP contribution < -0.4 is 15.4 Å². The molecule has 5 rings (SSSR count). The van der Waals surface area contributed by atoms with Crippen molar-refractivity contribution < 1.29 is 23.5 Å². The number of rotatable bonds is 13. The fraction of sp³-hybridized carbons (Fsp3) is 0.429. The van der Waals surface area contributed by atoms with Crippen LogP contribution in [-0.4, -0.2) is 73.0 Å². The summed E-state index contributed by atoms with van der Waals surface area (Å²) in [6, 6.07) is 22.4. The van der Waals surface area contributed by atoms with E-state index >= 15 is 0 Å². The minimum Gasteiger partial charge on any atom is -0.457 e. The van der Waals surface area contributed by atoms with Gasteiger partial charge in [-0.15, -0.1) is 0 Å². The minimum atomic E-state index is -0.870. The molecular formula is C35H43FN4O4. The maximum absolute atomic E-state index is 13.4. The highest BCUT2D eigenvalue weighted by Crippen LogP contribution is 2.27.